The van der Waals surface area contributed by atoms with Crippen molar-refractivity contribution in [2.24, 2.45) is 3.77 Å². The van der Waals surface area contributed by atoms with Gasteiger partial charge in [-0.25, -0.2) is 4.98 Å². The van der Waals surface area contributed by atoms with Gasteiger partial charge in [0.1, 0.15) is 21.0 Å². The fourth-order valence-electron chi connectivity index (χ4n) is 2.08. The Morgan fingerprint density at radius 2 is 2.00 bits per heavy atom. The Hall–Kier alpha value is -1.63. The summed E-state index contributed by atoms with van der Waals surface area (Å²) in [5, 5.41) is -0.715. The molecule has 0 aliphatic heterocycles. The lowest BCUT2D eigenvalue weighted by atomic mass is 10.3. The highest BCUT2D eigenvalue weighted by Gasteiger charge is 2.35. The van der Waals surface area contributed by atoms with Crippen LogP contribution in [0, 0.1) is 0 Å². The molecule has 0 fully saturated rings. The summed E-state index contributed by atoms with van der Waals surface area (Å²) in [6.07, 6.45) is -2.49. The summed E-state index contributed by atoms with van der Waals surface area (Å²) >= 11 is 6.41. The highest BCUT2D eigenvalue weighted by atomic mass is 35.5. The fraction of sp³-hybridized carbons (Fsp3) is 0.154. The third-order valence-electron chi connectivity index (χ3n) is 3.14. The van der Waals surface area contributed by atoms with Crippen LogP contribution in [0.2, 0.25) is 5.02 Å². The van der Waals surface area contributed by atoms with Crippen LogP contribution in [0.5, 0.6) is 0 Å². The molecule has 1 aromatic carbocycles. The zero-order valence-electron chi connectivity index (χ0n) is 12.7. The molecule has 0 N–H and O–H groups in total. The molecule has 1 unspecified atom stereocenters. The molecule has 138 valence electrons. The maximum atomic E-state index is 13.2. The maximum absolute atomic E-state index is 13.2. The van der Waals surface area contributed by atoms with E-state index >= 15 is 0 Å². The van der Waals surface area contributed by atoms with Crippen molar-refractivity contribution in [1.29, 1.82) is 0 Å². The molecule has 0 radical (unpaired) electrons. The molecular formula is C13H8ClF3N4O2S3. The molecule has 3 rings (SSSR count). The van der Waals surface area contributed by atoms with Crippen molar-refractivity contribution in [3.8, 4) is 0 Å². The third kappa shape index (κ3) is 3.72. The first-order valence-electron chi connectivity index (χ1n) is 6.68. The standard InChI is InChI=1S/C13H8ClF3N4O2S3/c1-25(12-8(13(15,16)17)5-7(14)6-18-12)21-26(22,23)10-4-2-3-9-11(10)20-24-19-9/h2-6H,1H3. The number of fused-ring (bicyclic) bond motifs is 1. The van der Waals surface area contributed by atoms with Gasteiger partial charge in [-0.15, -0.1) is 3.77 Å². The van der Waals surface area contributed by atoms with Crippen molar-refractivity contribution in [2.75, 3.05) is 6.26 Å². The number of hydrogen-bond donors (Lipinski definition) is 0. The molecule has 0 saturated heterocycles. The van der Waals surface area contributed by atoms with Crippen molar-refractivity contribution < 1.29 is 21.6 Å². The molecule has 0 spiro atoms. The van der Waals surface area contributed by atoms with Crippen molar-refractivity contribution in [2.45, 2.75) is 16.1 Å². The lowest BCUT2D eigenvalue weighted by Gasteiger charge is -2.12. The summed E-state index contributed by atoms with van der Waals surface area (Å²) in [5.41, 5.74) is -0.635. The SMILES string of the molecule is C/S(=N\S(=O)(=O)c1cccc2nsnc12)c1ncc(Cl)cc1C(F)(F)F. The van der Waals surface area contributed by atoms with Gasteiger partial charge in [0, 0.05) is 6.20 Å². The normalized spacial score (nSPS) is 14.0. The van der Waals surface area contributed by atoms with Gasteiger partial charge < -0.3 is 0 Å². The Kier molecular flexibility index (Phi) is 5.03. The number of benzene rings is 1. The maximum Gasteiger partial charge on any atom is 0.419 e. The third-order valence-corrected chi connectivity index (χ3v) is 7.34. The van der Waals surface area contributed by atoms with E-state index in [4.69, 9.17) is 11.6 Å². The summed E-state index contributed by atoms with van der Waals surface area (Å²) in [6, 6.07) is 5.01. The smallest absolute Gasteiger partial charge is 0.247 e. The fourth-order valence-corrected chi connectivity index (χ4v) is 5.97. The molecule has 0 saturated carbocycles. The summed E-state index contributed by atoms with van der Waals surface area (Å²) < 4.78 is 76.3. The average Bonchev–Trinajstić information content (AvgIpc) is 3.01. The second-order valence-electron chi connectivity index (χ2n) is 4.92. The Balaban J connectivity index is 2.15. The molecule has 0 aliphatic carbocycles. The van der Waals surface area contributed by atoms with Crippen LogP contribution in [0.4, 0.5) is 13.2 Å². The largest absolute Gasteiger partial charge is 0.419 e. The lowest BCUT2D eigenvalue weighted by molar-refractivity contribution is -0.140. The number of rotatable bonds is 3. The number of halogens is 4. The van der Waals surface area contributed by atoms with Gasteiger partial charge in [-0.05, 0) is 35.1 Å². The zero-order chi connectivity index (χ0) is 19.1. The molecule has 6 nitrogen and oxygen atoms in total. The number of alkyl halides is 3. The minimum atomic E-state index is -4.74. The highest BCUT2D eigenvalue weighted by molar-refractivity contribution is 8.00. The van der Waals surface area contributed by atoms with E-state index in [1.54, 1.807) is 6.07 Å². The van der Waals surface area contributed by atoms with Crippen LogP contribution >= 0.6 is 23.3 Å². The molecule has 13 heteroatoms. The van der Waals surface area contributed by atoms with E-state index in [0.29, 0.717) is 11.6 Å². The van der Waals surface area contributed by atoms with Crippen LogP contribution in [0.3, 0.4) is 0 Å². The topological polar surface area (TPSA) is 85.2 Å². The molecule has 0 bridgehead atoms. The van der Waals surface area contributed by atoms with Crippen LogP contribution in [0.15, 0.2) is 44.2 Å². The second kappa shape index (κ2) is 6.83. The van der Waals surface area contributed by atoms with Gasteiger partial charge in [-0.2, -0.15) is 30.3 Å². The summed E-state index contributed by atoms with van der Waals surface area (Å²) in [7, 11) is -5.97. The minimum Gasteiger partial charge on any atom is -0.247 e. The zero-order valence-corrected chi connectivity index (χ0v) is 15.9. The molecule has 2 heterocycles. The van der Waals surface area contributed by atoms with E-state index in [1.807, 2.05) is 0 Å². The minimum absolute atomic E-state index is 0.123. The Morgan fingerprint density at radius 1 is 1.27 bits per heavy atom. The van der Waals surface area contributed by atoms with Crippen LogP contribution in [-0.2, 0) is 26.9 Å². The average molecular weight is 441 g/mol. The summed E-state index contributed by atoms with van der Waals surface area (Å²) in [4.78, 5) is 3.43. The van der Waals surface area contributed by atoms with Crippen molar-refractivity contribution in [3.63, 3.8) is 0 Å². The van der Waals surface area contributed by atoms with Crippen LogP contribution in [0.25, 0.3) is 11.0 Å². The monoisotopic (exact) mass is 440 g/mol. The summed E-state index contributed by atoms with van der Waals surface area (Å²) in [5.74, 6) is 0. The van der Waals surface area contributed by atoms with Gasteiger partial charge in [0.15, 0.2) is 0 Å². The van der Waals surface area contributed by atoms with Gasteiger partial charge in [0.2, 0.25) is 0 Å². The first kappa shape index (κ1) is 19.1. The first-order chi connectivity index (χ1) is 12.1. The van der Waals surface area contributed by atoms with E-state index in [1.165, 1.54) is 18.4 Å². The Labute approximate surface area is 157 Å². The molecule has 0 aliphatic rings. The molecular weight excluding hydrogens is 433 g/mol. The van der Waals surface area contributed by atoms with E-state index in [0.717, 1.165) is 17.9 Å². The molecule has 2 aromatic heterocycles. The highest BCUT2D eigenvalue weighted by Crippen LogP contribution is 2.34. The van der Waals surface area contributed by atoms with Crippen LogP contribution in [-0.4, -0.2) is 28.4 Å². The second-order valence-corrected chi connectivity index (χ2v) is 9.21. The number of nitrogens with zero attached hydrogens (tertiary/aromatic N) is 4. The van der Waals surface area contributed by atoms with E-state index in [9.17, 15) is 21.6 Å². The number of sulfonamides is 1. The van der Waals surface area contributed by atoms with Gasteiger partial charge >= 0.3 is 6.18 Å². The number of pyridine rings is 1. The van der Waals surface area contributed by atoms with Crippen molar-refractivity contribution >= 4 is 55.1 Å². The van der Waals surface area contributed by atoms with E-state index < -0.39 is 37.5 Å². The molecule has 1 atom stereocenters. The molecule has 3 aromatic rings. The number of hydrogen-bond acceptors (Lipinski definition) is 6. The summed E-state index contributed by atoms with van der Waals surface area (Å²) in [6.45, 7) is 0. The predicted octanol–water partition coefficient (Wildman–Crippen LogP) is 3.94. The van der Waals surface area contributed by atoms with Gasteiger partial charge in [-0.1, -0.05) is 17.7 Å². The molecule has 26 heavy (non-hydrogen) atoms. The predicted molar refractivity (Wildman–Crippen MR) is 92.8 cm³/mol. The van der Waals surface area contributed by atoms with E-state index in [2.05, 4.69) is 17.5 Å². The quantitative estimate of drug-likeness (QED) is 0.615. The van der Waals surface area contributed by atoms with Gasteiger partial charge in [-0.3, -0.25) is 0 Å². The van der Waals surface area contributed by atoms with Crippen molar-refractivity contribution in [3.05, 3.63) is 41.0 Å². The lowest BCUT2D eigenvalue weighted by Crippen LogP contribution is -2.12. The van der Waals surface area contributed by atoms with Crippen LogP contribution in [0.1, 0.15) is 5.56 Å². The van der Waals surface area contributed by atoms with E-state index in [-0.39, 0.29) is 15.4 Å². The Morgan fingerprint density at radius 3 is 2.69 bits per heavy atom. The number of aromatic nitrogens is 3. The van der Waals surface area contributed by atoms with Gasteiger partial charge in [0.25, 0.3) is 10.0 Å². The Bertz CT molecular complexity index is 1130. The molecule has 0 amide bonds. The van der Waals surface area contributed by atoms with Crippen LogP contribution < -0.4 is 0 Å². The first-order valence-corrected chi connectivity index (χ1v) is 10.8. The van der Waals surface area contributed by atoms with Crippen molar-refractivity contribution in [1.82, 2.24) is 13.7 Å². The van der Waals surface area contributed by atoms with Gasteiger partial charge in [0.05, 0.1) is 22.3 Å².